The largest absolute Gasteiger partial charge is 0.483 e. The summed E-state index contributed by atoms with van der Waals surface area (Å²) in [6.07, 6.45) is 1.31. The van der Waals surface area contributed by atoms with E-state index in [2.05, 4.69) is 16.3 Å². The number of amides is 1. The zero-order valence-electron chi connectivity index (χ0n) is 14.6. The van der Waals surface area contributed by atoms with Gasteiger partial charge in [-0.3, -0.25) is 23.3 Å². The van der Waals surface area contributed by atoms with Crippen LogP contribution in [0.4, 0.5) is 10.1 Å². The molecule has 1 aromatic carbocycles. The molecule has 0 bridgehead atoms. The fourth-order valence-corrected chi connectivity index (χ4v) is 4.93. The maximum absolute atomic E-state index is 15.1. The van der Waals surface area contributed by atoms with Gasteiger partial charge in [-0.05, 0) is 24.0 Å². The Hall–Kier alpha value is -3.14. The number of halogens is 1. The highest BCUT2D eigenvalue weighted by atomic mass is 32.1. The molecule has 1 atom stereocenters. The molecule has 144 valence electrons. The highest BCUT2D eigenvalue weighted by Gasteiger charge is 2.32. The van der Waals surface area contributed by atoms with E-state index in [9.17, 15) is 14.4 Å². The predicted octanol–water partition coefficient (Wildman–Crippen LogP) is 1.23. The Morgan fingerprint density at radius 1 is 1.43 bits per heavy atom. The van der Waals surface area contributed by atoms with E-state index in [0.29, 0.717) is 42.0 Å². The number of hydrogen-bond donors (Lipinski definition) is 2. The Kier molecular flexibility index (Phi) is 3.60. The second kappa shape index (κ2) is 5.93. The van der Waals surface area contributed by atoms with E-state index < -0.39 is 16.8 Å². The average Bonchev–Trinajstić information content (AvgIpc) is 3.27. The number of nitrogens with one attached hydrogen (secondary N) is 2. The molecule has 2 aliphatic rings. The molecule has 4 heterocycles. The van der Waals surface area contributed by atoms with Crippen molar-refractivity contribution < 1.29 is 13.9 Å². The van der Waals surface area contributed by atoms with Crippen molar-refractivity contribution in [2.45, 2.75) is 12.5 Å². The van der Waals surface area contributed by atoms with Gasteiger partial charge in [-0.2, -0.15) is 0 Å². The molecule has 0 saturated carbocycles. The van der Waals surface area contributed by atoms with Crippen molar-refractivity contribution in [1.82, 2.24) is 14.3 Å². The van der Waals surface area contributed by atoms with Gasteiger partial charge < -0.3 is 15.0 Å². The van der Waals surface area contributed by atoms with E-state index in [-0.39, 0.29) is 34.9 Å². The standard InChI is InChI=1S/C18H15FN4O4S/c1-8-6-27-16-13-10(15(25)12-17(26)21-28-18(12)23(8)13)4-11(19)14(16)22-3-2-9(5-22)20-7-24/h4,7,9H,1-3,5-6H2,(H,20,24)(H,21,26). The van der Waals surface area contributed by atoms with Crippen molar-refractivity contribution in [2.24, 2.45) is 0 Å². The van der Waals surface area contributed by atoms with Crippen LogP contribution in [0.1, 0.15) is 6.42 Å². The minimum atomic E-state index is -0.601. The maximum atomic E-state index is 15.1. The van der Waals surface area contributed by atoms with Gasteiger partial charge in [0.05, 0.1) is 11.1 Å². The first-order chi connectivity index (χ1) is 13.5. The van der Waals surface area contributed by atoms with Crippen LogP contribution < -0.4 is 25.9 Å². The molecule has 5 rings (SSSR count). The topological polar surface area (TPSA) is 96.4 Å². The summed E-state index contributed by atoms with van der Waals surface area (Å²) in [7, 11) is 0. The molecule has 2 aliphatic heterocycles. The number of fused-ring (bicyclic) bond motifs is 2. The fraction of sp³-hybridized carbons (Fsp3) is 0.278. The van der Waals surface area contributed by atoms with Crippen LogP contribution in [0.5, 0.6) is 5.75 Å². The van der Waals surface area contributed by atoms with E-state index in [1.165, 1.54) is 0 Å². The fourth-order valence-electron chi connectivity index (χ4n) is 4.04. The zero-order valence-corrected chi connectivity index (χ0v) is 15.4. The molecule has 0 aliphatic carbocycles. The summed E-state index contributed by atoms with van der Waals surface area (Å²) in [5.41, 5.74) is 0.189. The Labute approximate surface area is 161 Å². The number of ether oxygens (including phenoxy) is 1. The summed E-state index contributed by atoms with van der Waals surface area (Å²) in [6, 6.07) is 1.07. The molecular formula is C18H15FN4O4S. The van der Waals surface area contributed by atoms with Gasteiger partial charge in [0, 0.05) is 19.1 Å². The monoisotopic (exact) mass is 402 g/mol. The van der Waals surface area contributed by atoms with Crippen molar-refractivity contribution >= 4 is 50.4 Å². The molecule has 1 unspecified atom stereocenters. The van der Waals surface area contributed by atoms with Crippen molar-refractivity contribution in [2.75, 3.05) is 24.6 Å². The number of anilines is 1. The third kappa shape index (κ3) is 2.18. The van der Waals surface area contributed by atoms with Crippen LogP contribution in [-0.2, 0) is 4.79 Å². The van der Waals surface area contributed by atoms with Gasteiger partial charge >= 0.3 is 0 Å². The predicted molar refractivity (Wildman–Crippen MR) is 105 cm³/mol. The molecule has 1 amide bonds. The molecule has 28 heavy (non-hydrogen) atoms. The smallest absolute Gasteiger partial charge is 0.271 e. The van der Waals surface area contributed by atoms with E-state index in [1.807, 2.05) is 0 Å². The third-order valence-electron chi connectivity index (χ3n) is 5.27. The lowest BCUT2D eigenvalue weighted by Crippen LogP contribution is -2.32. The number of H-pyrrole nitrogens is 1. The number of aromatic nitrogens is 2. The first kappa shape index (κ1) is 17.0. The van der Waals surface area contributed by atoms with Crippen molar-refractivity contribution in [3.05, 3.63) is 39.0 Å². The minimum Gasteiger partial charge on any atom is -0.483 e. The molecular weight excluding hydrogens is 387 g/mol. The van der Waals surface area contributed by atoms with Crippen LogP contribution in [-0.4, -0.2) is 41.1 Å². The highest BCUT2D eigenvalue weighted by molar-refractivity contribution is 7.12. The summed E-state index contributed by atoms with van der Waals surface area (Å²) in [6.45, 7) is 5.06. The molecule has 1 saturated heterocycles. The number of rotatable bonds is 3. The second-order valence-electron chi connectivity index (χ2n) is 6.88. The average molecular weight is 402 g/mol. The lowest BCUT2D eigenvalue weighted by molar-refractivity contribution is -0.110. The number of hydrogen-bond acceptors (Lipinski definition) is 6. The van der Waals surface area contributed by atoms with E-state index in [4.69, 9.17) is 4.74 Å². The van der Waals surface area contributed by atoms with Gasteiger partial charge in [-0.25, -0.2) is 4.39 Å². The Morgan fingerprint density at radius 2 is 2.25 bits per heavy atom. The Morgan fingerprint density at radius 3 is 3.04 bits per heavy atom. The maximum Gasteiger partial charge on any atom is 0.271 e. The van der Waals surface area contributed by atoms with Crippen LogP contribution in [0.15, 0.2) is 22.2 Å². The Balaban J connectivity index is 1.84. The summed E-state index contributed by atoms with van der Waals surface area (Å²) < 4.78 is 25.2. The third-order valence-corrected chi connectivity index (χ3v) is 6.14. The molecule has 8 nitrogen and oxygen atoms in total. The number of pyridine rings is 1. The quantitative estimate of drug-likeness (QED) is 0.643. The van der Waals surface area contributed by atoms with Crippen molar-refractivity contribution in [1.29, 1.82) is 0 Å². The lowest BCUT2D eigenvalue weighted by Gasteiger charge is -2.29. The van der Waals surface area contributed by atoms with E-state index in [1.54, 1.807) is 9.47 Å². The summed E-state index contributed by atoms with van der Waals surface area (Å²) in [4.78, 5) is 38.0. The zero-order chi connectivity index (χ0) is 19.6. The van der Waals surface area contributed by atoms with Crippen LogP contribution >= 0.6 is 11.5 Å². The van der Waals surface area contributed by atoms with Crippen LogP contribution in [0.2, 0.25) is 0 Å². The highest BCUT2D eigenvalue weighted by Crippen LogP contribution is 2.43. The number of aromatic amines is 1. The summed E-state index contributed by atoms with van der Waals surface area (Å²) in [5.74, 6) is -0.342. The normalized spacial score (nSPS) is 18.7. The van der Waals surface area contributed by atoms with Gasteiger partial charge in [0.1, 0.15) is 28.0 Å². The molecule has 1 fully saturated rings. The van der Waals surface area contributed by atoms with Crippen molar-refractivity contribution in [3.63, 3.8) is 0 Å². The van der Waals surface area contributed by atoms with E-state index >= 15 is 4.39 Å². The number of carbonyl (C=O) groups excluding carboxylic acids is 1. The van der Waals surface area contributed by atoms with Crippen LogP contribution in [0.25, 0.3) is 26.8 Å². The second-order valence-corrected chi connectivity index (χ2v) is 7.68. The van der Waals surface area contributed by atoms with E-state index in [0.717, 1.165) is 17.6 Å². The van der Waals surface area contributed by atoms with Crippen LogP contribution in [0, 0.1) is 5.82 Å². The molecule has 2 N–H and O–H groups in total. The summed E-state index contributed by atoms with van der Waals surface area (Å²) >= 11 is 1.04. The van der Waals surface area contributed by atoms with Gasteiger partial charge in [-0.1, -0.05) is 6.58 Å². The van der Waals surface area contributed by atoms with Gasteiger partial charge in [0.15, 0.2) is 11.6 Å². The van der Waals surface area contributed by atoms with Crippen molar-refractivity contribution in [3.8, 4) is 5.75 Å². The van der Waals surface area contributed by atoms with Gasteiger partial charge in [0.25, 0.3) is 5.56 Å². The lowest BCUT2D eigenvalue weighted by atomic mass is 10.1. The molecule has 2 aromatic heterocycles. The molecule has 10 heteroatoms. The Bertz CT molecular complexity index is 1290. The summed E-state index contributed by atoms with van der Waals surface area (Å²) in [5, 5.41) is 2.79. The first-order valence-corrected chi connectivity index (χ1v) is 9.51. The van der Waals surface area contributed by atoms with Gasteiger partial charge in [-0.15, -0.1) is 0 Å². The number of nitrogens with zero attached hydrogens (tertiary/aromatic N) is 2. The molecule has 3 aromatic rings. The number of carbonyl (C=O) groups is 1. The molecule has 0 spiro atoms. The van der Waals surface area contributed by atoms with Gasteiger partial charge in [0.2, 0.25) is 11.8 Å². The SMILES string of the molecule is C=C1COc2c(N3CCC(NC=O)C3)c(F)cc3c(=O)c4c(=O)[nH]sc4n1c23. The molecule has 0 radical (unpaired) electrons. The van der Waals surface area contributed by atoms with Crippen LogP contribution in [0.3, 0.4) is 0 Å². The minimum absolute atomic E-state index is 0.00457. The number of benzene rings is 1. The first-order valence-electron chi connectivity index (χ1n) is 8.69.